The molecule has 8 nitrogen and oxygen atoms in total. The van der Waals surface area contributed by atoms with Crippen molar-refractivity contribution in [1.82, 2.24) is 19.6 Å². The molecule has 5 aromatic rings. The normalized spacial score (nSPS) is 16.5. The Labute approximate surface area is 220 Å². The number of methoxy groups -OCH3 is 1. The van der Waals surface area contributed by atoms with Crippen molar-refractivity contribution in [1.29, 1.82) is 0 Å². The van der Waals surface area contributed by atoms with E-state index < -0.39 is 11.8 Å². The summed E-state index contributed by atoms with van der Waals surface area (Å²) in [5.74, 6) is 1.75. The first-order valence-corrected chi connectivity index (χ1v) is 13.9. The van der Waals surface area contributed by atoms with E-state index in [1.54, 1.807) is 35.2 Å². The summed E-state index contributed by atoms with van der Waals surface area (Å²) in [6.07, 6.45) is 5.29. The van der Waals surface area contributed by atoms with Gasteiger partial charge in [-0.25, -0.2) is 18.9 Å². The Morgan fingerprint density at radius 1 is 1.19 bits per heavy atom. The second-order valence-electron chi connectivity index (χ2n) is 9.46. The molecule has 1 aliphatic carbocycles. The molecule has 0 radical (unpaired) electrons. The second kappa shape index (κ2) is 9.38. The number of nitrogens with zero attached hydrogens (tertiary/aromatic N) is 4. The molecule has 6 rings (SSSR count). The highest BCUT2D eigenvalue weighted by atomic mass is 32.1. The van der Waals surface area contributed by atoms with Crippen LogP contribution in [0.25, 0.3) is 27.4 Å². The van der Waals surface area contributed by atoms with Crippen LogP contribution in [-0.2, 0) is 12.2 Å². The molecule has 1 aromatic carbocycles. The Kier molecular flexibility index (Phi) is 6.16. The Morgan fingerprint density at radius 2 is 2.00 bits per heavy atom. The largest absolute Gasteiger partial charge is 0.496 e. The van der Waals surface area contributed by atoms with Crippen molar-refractivity contribution in [3.8, 4) is 23.0 Å². The highest BCUT2D eigenvalue weighted by molar-refractivity contribution is 7.16. The van der Waals surface area contributed by atoms with Gasteiger partial charge in [0, 0.05) is 17.0 Å². The van der Waals surface area contributed by atoms with Gasteiger partial charge in [0.05, 0.1) is 24.4 Å². The smallest absolute Gasteiger partial charge is 0.212 e. The Balaban J connectivity index is 1.29. The first kappa shape index (κ1) is 24.3. The molecule has 0 bridgehead atoms. The third-order valence-corrected chi connectivity index (χ3v) is 9.08. The van der Waals surface area contributed by atoms with Gasteiger partial charge in [-0.2, -0.15) is 5.10 Å². The number of benzene rings is 1. The number of halogens is 1. The van der Waals surface area contributed by atoms with Crippen LogP contribution < -0.4 is 9.47 Å². The van der Waals surface area contributed by atoms with Crippen LogP contribution in [0.1, 0.15) is 65.8 Å². The highest BCUT2D eigenvalue weighted by Crippen LogP contribution is 2.41. The average molecular weight is 543 g/mol. The van der Waals surface area contributed by atoms with Crippen LogP contribution in [0.2, 0.25) is 0 Å². The predicted molar refractivity (Wildman–Crippen MR) is 140 cm³/mol. The quantitative estimate of drug-likeness (QED) is 0.243. The summed E-state index contributed by atoms with van der Waals surface area (Å²) < 4.78 is 33.0. The molecule has 1 N–H and O–H groups in total. The van der Waals surface area contributed by atoms with E-state index in [4.69, 9.17) is 18.9 Å². The van der Waals surface area contributed by atoms with Crippen molar-refractivity contribution < 1.29 is 23.4 Å². The van der Waals surface area contributed by atoms with Crippen LogP contribution >= 0.6 is 22.7 Å². The van der Waals surface area contributed by atoms with Gasteiger partial charge in [0.25, 0.3) is 0 Å². The number of aromatic nitrogens is 4. The van der Waals surface area contributed by atoms with E-state index in [-0.39, 0.29) is 6.61 Å². The van der Waals surface area contributed by atoms with Gasteiger partial charge in [0.1, 0.15) is 40.0 Å². The molecule has 1 fully saturated rings. The van der Waals surface area contributed by atoms with Crippen LogP contribution in [0.15, 0.2) is 28.8 Å². The van der Waals surface area contributed by atoms with E-state index in [9.17, 15) is 9.50 Å². The fourth-order valence-corrected chi connectivity index (χ4v) is 6.57. The standard InChI is InChI=1S/C26H27FN4O4S2/c1-14(27)23-30-31-12-18(29-25(31)37-23)22-11-17-20(9-16(33-3)10-21(17)35-22)34-13-19-15(2)36-24(28-19)26(32)7-5-4-6-8-26/h9-12,14,32H,4-8,13H2,1-3H3/t14-/m0/s1. The molecule has 1 saturated carbocycles. The molecule has 0 unspecified atom stereocenters. The number of aliphatic hydroxyl groups is 1. The Bertz CT molecular complexity index is 1550. The summed E-state index contributed by atoms with van der Waals surface area (Å²) in [5.41, 5.74) is 1.18. The highest BCUT2D eigenvalue weighted by Gasteiger charge is 2.34. The van der Waals surface area contributed by atoms with E-state index in [1.165, 1.54) is 18.3 Å². The fourth-order valence-electron chi connectivity index (χ4n) is 4.70. The molecular weight excluding hydrogens is 515 g/mol. The minimum Gasteiger partial charge on any atom is -0.496 e. The summed E-state index contributed by atoms with van der Waals surface area (Å²) in [5, 5.41) is 17.3. The van der Waals surface area contributed by atoms with E-state index in [0.29, 0.717) is 38.5 Å². The Hall–Kier alpha value is -3.02. The summed E-state index contributed by atoms with van der Waals surface area (Å²) in [6.45, 7) is 3.73. The van der Waals surface area contributed by atoms with Crippen LogP contribution in [0.3, 0.4) is 0 Å². The number of aryl methyl sites for hydroxylation is 1. The molecule has 0 spiro atoms. The predicted octanol–water partition coefficient (Wildman–Crippen LogP) is 6.74. The minimum atomic E-state index is -1.14. The van der Waals surface area contributed by atoms with Crippen molar-refractivity contribution in [3.05, 3.63) is 45.0 Å². The lowest BCUT2D eigenvalue weighted by molar-refractivity contribution is -0.00102. The maximum Gasteiger partial charge on any atom is 0.212 e. The first-order chi connectivity index (χ1) is 17.8. The number of hydrogen-bond donors (Lipinski definition) is 1. The molecule has 0 saturated heterocycles. The minimum absolute atomic E-state index is 0.259. The van der Waals surface area contributed by atoms with Gasteiger partial charge >= 0.3 is 0 Å². The van der Waals surface area contributed by atoms with Crippen molar-refractivity contribution in [2.75, 3.05) is 7.11 Å². The number of hydrogen-bond acceptors (Lipinski definition) is 9. The lowest BCUT2D eigenvalue weighted by Crippen LogP contribution is -2.28. The number of fused-ring (bicyclic) bond motifs is 2. The summed E-state index contributed by atoms with van der Waals surface area (Å²) >= 11 is 2.76. The van der Waals surface area contributed by atoms with Gasteiger partial charge in [0.2, 0.25) is 4.96 Å². The van der Waals surface area contributed by atoms with Crippen LogP contribution in [0.4, 0.5) is 4.39 Å². The van der Waals surface area contributed by atoms with Crippen LogP contribution in [0, 0.1) is 6.92 Å². The molecular formula is C26H27FN4O4S2. The van der Waals surface area contributed by atoms with E-state index in [2.05, 4.69) is 10.1 Å². The zero-order chi connectivity index (χ0) is 25.7. The summed E-state index contributed by atoms with van der Waals surface area (Å²) in [6, 6.07) is 5.50. The molecule has 37 heavy (non-hydrogen) atoms. The molecule has 11 heteroatoms. The first-order valence-electron chi connectivity index (χ1n) is 12.3. The fraction of sp³-hybridized carbons (Fsp3) is 0.423. The third-order valence-electron chi connectivity index (χ3n) is 6.80. The number of alkyl halides is 1. The number of rotatable bonds is 7. The molecule has 4 aromatic heterocycles. The van der Waals surface area contributed by atoms with E-state index in [1.807, 2.05) is 19.1 Å². The van der Waals surface area contributed by atoms with Gasteiger partial charge in [-0.3, -0.25) is 0 Å². The van der Waals surface area contributed by atoms with E-state index in [0.717, 1.165) is 53.1 Å². The SMILES string of the molecule is COc1cc(OCc2nc(C3(O)CCCCC3)sc2C)c2cc(-c3cn4nc([C@H](C)F)sc4n3)oc2c1. The van der Waals surface area contributed by atoms with Gasteiger partial charge in [0.15, 0.2) is 16.9 Å². The molecule has 194 valence electrons. The van der Waals surface area contributed by atoms with Crippen molar-refractivity contribution in [2.24, 2.45) is 0 Å². The van der Waals surface area contributed by atoms with Gasteiger partial charge < -0.3 is 19.0 Å². The summed E-state index contributed by atoms with van der Waals surface area (Å²) in [7, 11) is 1.59. The zero-order valence-corrected chi connectivity index (χ0v) is 22.4. The number of imidazole rings is 1. The molecule has 1 aliphatic rings. The maximum atomic E-state index is 13.6. The summed E-state index contributed by atoms with van der Waals surface area (Å²) in [4.78, 5) is 11.0. The second-order valence-corrected chi connectivity index (χ2v) is 11.7. The van der Waals surface area contributed by atoms with E-state index >= 15 is 0 Å². The number of furan rings is 1. The molecule has 0 amide bonds. The lowest BCUT2D eigenvalue weighted by Gasteiger charge is -2.29. The van der Waals surface area contributed by atoms with Crippen molar-refractivity contribution in [2.45, 2.75) is 64.3 Å². The topological polar surface area (TPSA) is 94.9 Å². The van der Waals surface area contributed by atoms with Crippen LogP contribution in [0.5, 0.6) is 11.5 Å². The monoisotopic (exact) mass is 542 g/mol. The zero-order valence-electron chi connectivity index (χ0n) is 20.8. The van der Waals surface area contributed by atoms with Gasteiger partial charge in [-0.05, 0) is 32.8 Å². The Morgan fingerprint density at radius 3 is 2.73 bits per heavy atom. The van der Waals surface area contributed by atoms with Gasteiger partial charge in [-0.1, -0.05) is 30.6 Å². The van der Waals surface area contributed by atoms with Crippen molar-refractivity contribution in [3.63, 3.8) is 0 Å². The molecule has 1 atom stereocenters. The van der Waals surface area contributed by atoms with Crippen LogP contribution in [-0.4, -0.2) is 31.8 Å². The number of ether oxygens (including phenoxy) is 2. The van der Waals surface area contributed by atoms with Crippen molar-refractivity contribution >= 4 is 38.6 Å². The van der Waals surface area contributed by atoms with Gasteiger partial charge in [-0.15, -0.1) is 11.3 Å². The number of thiazole rings is 1. The third kappa shape index (κ3) is 4.49. The lowest BCUT2D eigenvalue weighted by atomic mass is 9.85. The maximum absolute atomic E-state index is 13.6. The molecule has 4 heterocycles. The molecule has 0 aliphatic heterocycles. The average Bonchev–Trinajstić information content (AvgIpc) is 3.64.